The maximum atomic E-state index is 9.19. The average molecular weight is 251 g/mol. The van der Waals surface area contributed by atoms with E-state index in [2.05, 4.69) is 23.8 Å². The van der Waals surface area contributed by atoms with Gasteiger partial charge in [0.2, 0.25) is 0 Å². The molecular weight excluding hydrogens is 226 g/mol. The summed E-state index contributed by atoms with van der Waals surface area (Å²) in [6.07, 6.45) is 4.57. The number of aryl methyl sites for hydroxylation is 2. The van der Waals surface area contributed by atoms with Crippen LogP contribution in [0, 0.1) is 0 Å². The van der Waals surface area contributed by atoms with E-state index in [9.17, 15) is 5.11 Å². The summed E-state index contributed by atoms with van der Waals surface area (Å²) in [4.78, 5) is 2.41. The van der Waals surface area contributed by atoms with Crippen molar-refractivity contribution in [2.24, 2.45) is 7.05 Å². The van der Waals surface area contributed by atoms with Gasteiger partial charge < -0.3 is 5.11 Å². The summed E-state index contributed by atoms with van der Waals surface area (Å²) in [6.45, 7) is 6.34. The van der Waals surface area contributed by atoms with Crippen LogP contribution in [0.2, 0.25) is 0 Å². The van der Waals surface area contributed by atoms with Crippen molar-refractivity contribution in [3.8, 4) is 0 Å². The van der Waals surface area contributed by atoms with E-state index in [1.165, 1.54) is 29.8 Å². The molecule has 0 unspecified atom stereocenters. The molecule has 1 fully saturated rings. The first-order valence-corrected chi connectivity index (χ1v) is 7.09. The van der Waals surface area contributed by atoms with E-state index in [1.54, 1.807) is 0 Å². The Morgan fingerprint density at radius 1 is 1.33 bits per heavy atom. The number of aromatic nitrogens is 2. The van der Waals surface area contributed by atoms with Crippen LogP contribution in [0.25, 0.3) is 0 Å². The highest BCUT2D eigenvalue weighted by molar-refractivity contribution is 5.27. The standard InChI is InChI=1S/C14H25N3O/c1-4-13-12(14(5-2)16(3)15-13)10-17(8-9-18)11-6-7-11/h11,18H,4-10H2,1-3H3. The highest BCUT2D eigenvalue weighted by Crippen LogP contribution is 2.29. The van der Waals surface area contributed by atoms with E-state index < -0.39 is 0 Å². The van der Waals surface area contributed by atoms with Crippen LogP contribution in [-0.4, -0.2) is 39.0 Å². The largest absolute Gasteiger partial charge is 0.395 e. The molecule has 4 nitrogen and oxygen atoms in total. The summed E-state index contributed by atoms with van der Waals surface area (Å²) in [6, 6.07) is 0.687. The average Bonchev–Trinajstić information content (AvgIpc) is 3.15. The number of nitrogens with zero attached hydrogens (tertiary/aromatic N) is 3. The maximum absolute atomic E-state index is 9.19. The molecule has 1 aromatic rings. The molecule has 1 heterocycles. The summed E-state index contributed by atoms with van der Waals surface area (Å²) in [5.41, 5.74) is 3.95. The second kappa shape index (κ2) is 5.85. The molecule has 0 aliphatic heterocycles. The predicted octanol–water partition coefficient (Wildman–Crippen LogP) is 1.50. The molecule has 2 rings (SSSR count). The Hall–Kier alpha value is -0.870. The Morgan fingerprint density at radius 3 is 2.56 bits per heavy atom. The number of rotatable bonds is 7. The molecule has 0 radical (unpaired) electrons. The van der Waals surface area contributed by atoms with Gasteiger partial charge in [-0.05, 0) is 25.7 Å². The monoisotopic (exact) mass is 251 g/mol. The van der Waals surface area contributed by atoms with Gasteiger partial charge in [0.1, 0.15) is 0 Å². The van der Waals surface area contributed by atoms with Gasteiger partial charge >= 0.3 is 0 Å². The Labute approximate surface area is 110 Å². The van der Waals surface area contributed by atoms with Gasteiger partial charge in [-0.2, -0.15) is 5.10 Å². The first-order valence-electron chi connectivity index (χ1n) is 7.09. The van der Waals surface area contributed by atoms with Gasteiger partial charge in [0, 0.05) is 37.4 Å². The van der Waals surface area contributed by atoms with Crippen molar-refractivity contribution in [3.05, 3.63) is 17.0 Å². The number of hydrogen-bond donors (Lipinski definition) is 1. The van der Waals surface area contributed by atoms with Crippen molar-refractivity contribution < 1.29 is 5.11 Å². The molecule has 0 amide bonds. The minimum absolute atomic E-state index is 0.250. The molecule has 102 valence electrons. The molecule has 4 heteroatoms. The van der Waals surface area contributed by atoms with E-state index in [1.807, 2.05) is 11.7 Å². The Morgan fingerprint density at radius 2 is 2.06 bits per heavy atom. The molecule has 0 aromatic carbocycles. The zero-order valence-electron chi connectivity index (χ0n) is 11.8. The molecule has 0 atom stereocenters. The van der Waals surface area contributed by atoms with Crippen molar-refractivity contribution in [2.75, 3.05) is 13.2 Å². The van der Waals surface area contributed by atoms with Crippen LogP contribution in [-0.2, 0) is 26.4 Å². The van der Waals surface area contributed by atoms with Crippen LogP contribution >= 0.6 is 0 Å². The van der Waals surface area contributed by atoms with Crippen molar-refractivity contribution in [1.82, 2.24) is 14.7 Å². The van der Waals surface area contributed by atoms with Crippen molar-refractivity contribution in [2.45, 2.75) is 52.1 Å². The fraction of sp³-hybridized carbons (Fsp3) is 0.786. The Bertz CT molecular complexity index is 396. The zero-order valence-corrected chi connectivity index (χ0v) is 11.8. The van der Waals surface area contributed by atoms with E-state index in [0.29, 0.717) is 6.04 Å². The molecule has 1 N–H and O–H groups in total. The highest BCUT2D eigenvalue weighted by atomic mass is 16.3. The lowest BCUT2D eigenvalue weighted by atomic mass is 10.1. The van der Waals surface area contributed by atoms with Gasteiger partial charge in [0.15, 0.2) is 0 Å². The molecule has 18 heavy (non-hydrogen) atoms. The van der Waals surface area contributed by atoms with E-state index in [-0.39, 0.29) is 6.61 Å². The van der Waals surface area contributed by atoms with Crippen molar-refractivity contribution >= 4 is 0 Å². The molecule has 1 aliphatic rings. The third-order valence-electron chi connectivity index (χ3n) is 3.84. The first kappa shape index (κ1) is 13.6. The molecule has 1 aromatic heterocycles. The molecule has 1 aliphatic carbocycles. The normalized spacial score (nSPS) is 15.6. The third-order valence-corrected chi connectivity index (χ3v) is 3.84. The van der Waals surface area contributed by atoms with Gasteiger partial charge in [0.25, 0.3) is 0 Å². The van der Waals surface area contributed by atoms with Crippen molar-refractivity contribution in [1.29, 1.82) is 0 Å². The predicted molar refractivity (Wildman–Crippen MR) is 72.5 cm³/mol. The minimum atomic E-state index is 0.250. The number of hydrogen-bond acceptors (Lipinski definition) is 3. The summed E-state index contributed by atoms with van der Waals surface area (Å²) in [7, 11) is 2.04. The van der Waals surface area contributed by atoms with E-state index in [0.717, 1.165) is 25.9 Å². The molecule has 0 bridgehead atoms. The van der Waals surface area contributed by atoms with Crippen LogP contribution in [0.4, 0.5) is 0 Å². The van der Waals surface area contributed by atoms with Crippen molar-refractivity contribution in [3.63, 3.8) is 0 Å². The minimum Gasteiger partial charge on any atom is -0.395 e. The SMILES string of the molecule is CCc1nn(C)c(CC)c1CN(CCO)C1CC1. The maximum Gasteiger partial charge on any atom is 0.0669 e. The van der Waals surface area contributed by atoms with Gasteiger partial charge in [0.05, 0.1) is 12.3 Å². The summed E-state index contributed by atoms with van der Waals surface area (Å²) in [5.74, 6) is 0. The molecule has 0 spiro atoms. The summed E-state index contributed by atoms with van der Waals surface area (Å²) in [5, 5.41) is 13.8. The van der Waals surface area contributed by atoms with Gasteiger partial charge in [-0.3, -0.25) is 9.58 Å². The number of aliphatic hydroxyl groups is 1. The van der Waals surface area contributed by atoms with Crippen LogP contribution in [0.5, 0.6) is 0 Å². The van der Waals surface area contributed by atoms with Crippen LogP contribution in [0.3, 0.4) is 0 Å². The molecule has 1 saturated carbocycles. The van der Waals surface area contributed by atoms with Crippen LogP contribution in [0.15, 0.2) is 0 Å². The lowest BCUT2D eigenvalue weighted by Gasteiger charge is -2.21. The highest BCUT2D eigenvalue weighted by Gasteiger charge is 2.30. The van der Waals surface area contributed by atoms with E-state index >= 15 is 0 Å². The Balaban J connectivity index is 2.19. The molecular formula is C14H25N3O. The fourth-order valence-corrected chi connectivity index (χ4v) is 2.73. The van der Waals surface area contributed by atoms with Gasteiger partial charge in [-0.25, -0.2) is 0 Å². The zero-order chi connectivity index (χ0) is 13.1. The third kappa shape index (κ3) is 2.75. The molecule has 0 saturated heterocycles. The number of aliphatic hydroxyl groups excluding tert-OH is 1. The lowest BCUT2D eigenvalue weighted by Crippen LogP contribution is -2.29. The van der Waals surface area contributed by atoms with Crippen LogP contribution < -0.4 is 0 Å². The van der Waals surface area contributed by atoms with Crippen LogP contribution in [0.1, 0.15) is 43.6 Å². The van der Waals surface area contributed by atoms with Gasteiger partial charge in [-0.15, -0.1) is 0 Å². The van der Waals surface area contributed by atoms with E-state index in [4.69, 9.17) is 0 Å². The summed E-state index contributed by atoms with van der Waals surface area (Å²) >= 11 is 0. The fourth-order valence-electron chi connectivity index (χ4n) is 2.73. The summed E-state index contributed by atoms with van der Waals surface area (Å²) < 4.78 is 2.03. The Kier molecular flexibility index (Phi) is 4.40. The quantitative estimate of drug-likeness (QED) is 0.798. The second-order valence-corrected chi connectivity index (χ2v) is 5.13. The van der Waals surface area contributed by atoms with Gasteiger partial charge in [-0.1, -0.05) is 13.8 Å². The second-order valence-electron chi connectivity index (χ2n) is 5.13. The lowest BCUT2D eigenvalue weighted by molar-refractivity contribution is 0.182. The first-order chi connectivity index (χ1) is 8.71. The topological polar surface area (TPSA) is 41.3 Å². The smallest absolute Gasteiger partial charge is 0.0669 e.